The molecule has 0 unspecified atom stereocenters. The Morgan fingerprint density at radius 3 is 2.48 bits per heavy atom. The predicted octanol–water partition coefficient (Wildman–Crippen LogP) is 5.17. The van der Waals surface area contributed by atoms with Gasteiger partial charge >= 0.3 is 0 Å². The molecular weight excluding hydrogens is 332 g/mol. The molecular formula is C17H9BrO3. The summed E-state index contributed by atoms with van der Waals surface area (Å²) in [5.41, 5.74) is 2.17. The number of hydrogen-bond acceptors (Lipinski definition) is 3. The summed E-state index contributed by atoms with van der Waals surface area (Å²) in [6, 6.07) is 16.6. The molecule has 2 heterocycles. The summed E-state index contributed by atoms with van der Waals surface area (Å²) in [5, 5.41) is 1.94. The topological polar surface area (TPSA) is 43.4 Å². The van der Waals surface area contributed by atoms with Crippen molar-refractivity contribution in [1.82, 2.24) is 0 Å². The van der Waals surface area contributed by atoms with Gasteiger partial charge in [0.2, 0.25) is 5.78 Å². The van der Waals surface area contributed by atoms with Gasteiger partial charge in [0, 0.05) is 16.3 Å². The van der Waals surface area contributed by atoms with Crippen LogP contribution in [0.15, 0.2) is 68.1 Å². The monoisotopic (exact) mass is 340 g/mol. The Bertz CT molecular complexity index is 978. The largest absolute Gasteiger partial charge is 0.456 e. The lowest BCUT2D eigenvalue weighted by atomic mass is 10.1. The fourth-order valence-corrected chi connectivity index (χ4v) is 2.75. The predicted molar refractivity (Wildman–Crippen MR) is 83.6 cm³/mol. The molecule has 0 saturated carbocycles. The Labute approximate surface area is 128 Å². The maximum Gasteiger partial charge on any atom is 0.228 e. The molecule has 2 aromatic heterocycles. The number of furan rings is 2. The summed E-state index contributed by atoms with van der Waals surface area (Å²) >= 11 is 3.21. The molecule has 4 aromatic rings. The summed E-state index contributed by atoms with van der Waals surface area (Å²) in [6.45, 7) is 0. The Morgan fingerprint density at radius 2 is 1.67 bits per heavy atom. The third kappa shape index (κ3) is 1.99. The molecule has 0 aliphatic rings. The van der Waals surface area contributed by atoms with E-state index in [1.165, 1.54) is 0 Å². The zero-order valence-electron chi connectivity index (χ0n) is 10.8. The number of para-hydroxylation sites is 1. The highest BCUT2D eigenvalue weighted by molar-refractivity contribution is 9.10. The first-order valence-corrected chi connectivity index (χ1v) is 7.23. The van der Waals surface area contributed by atoms with Gasteiger partial charge in [-0.3, -0.25) is 4.79 Å². The van der Waals surface area contributed by atoms with Crippen molar-refractivity contribution >= 4 is 43.7 Å². The van der Waals surface area contributed by atoms with Crippen LogP contribution in [0, 0.1) is 0 Å². The summed E-state index contributed by atoms with van der Waals surface area (Å²) in [5.74, 6) is 0.168. The Kier molecular flexibility index (Phi) is 2.72. The SMILES string of the molecule is O=C(c1ccc2oc3ccccc3c2c1)c1ccc(Br)o1. The standard InChI is InChI=1S/C17H9BrO3/c18-16-8-7-15(21-16)17(19)10-5-6-14-12(9-10)11-3-1-2-4-13(11)20-14/h1-9H. The molecule has 4 heteroatoms. The van der Waals surface area contributed by atoms with Gasteiger partial charge in [0.25, 0.3) is 0 Å². The Balaban J connectivity index is 1.90. The third-order valence-electron chi connectivity index (χ3n) is 3.44. The maximum atomic E-state index is 12.4. The van der Waals surface area contributed by atoms with Gasteiger partial charge in [0.1, 0.15) is 11.2 Å². The molecule has 21 heavy (non-hydrogen) atoms. The van der Waals surface area contributed by atoms with Gasteiger partial charge in [-0.1, -0.05) is 18.2 Å². The van der Waals surface area contributed by atoms with Crippen molar-refractivity contribution in [2.75, 3.05) is 0 Å². The second kappa shape index (κ2) is 4.60. The van der Waals surface area contributed by atoms with Gasteiger partial charge < -0.3 is 8.83 Å². The normalized spacial score (nSPS) is 11.3. The van der Waals surface area contributed by atoms with Crippen LogP contribution in [0.3, 0.4) is 0 Å². The Morgan fingerprint density at radius 1 is 0.857 bits per heavy atom. The van der Waals surface area contributed by atoms with E-state index in [-0.39, 0.29) is 5.78 Å². The van der Waals surface area contributed by atoms with Crippen LogP contribution in [-0.2, 0) is 0 Å². The molecule has 0 spiro atoms. The maximum absolute atomic E-state index is 12.4. The summed E-state index contributed by atoms with van der Waals surface area (Å²) in [6.07, 6.45) is 0. The van der Waals surface area contributed by atoms with E-state index in [2.05, 4.69) is 15.9 Å². The average Bonchev–Trinajstić information content (AvgIpc) is 3.09. The van der Waals surface area contributed by atoms with Crippen LogP contribution in [0.1, 0.15) is 16.1 Å². The van der Waals surface area contributed by atoms with Gasteiger partial charge in [-0.25, -0.2) is 0 Å². The van der Waals surface area contributed by atoms with Crippen molar-refractivity contribution in [1.29, 1.82) is 0 Å². The molecule has 0 amide bonds. The average molecular weight is 341 g/mol. The van der Waals surface area contributed by atoms with Crippen molar-refractivity contribution in [2.45, 2.75) is 0 Å². The van der Waals surface area contributed by atoms with Gasteiger partial charge in [-0.2, -0.15) is 0 Å². The Hall–Kier alpha value is -2.33. The zero-order chi connectivity index (χ0) is 14.4. The molecule has 0 atom stereocenters. The summed E-state index contributed by atoms with van der Waals surface area (Å²) in [4.78, 5) is 12.4. The number of hydrogen-bond donors (Lipinski definition) is 0. The van der Waals surface area contributed by atoms with Crippen molar-refractivity contribution in [3.63, 3.8) is 0 Å². The van der Waals surface area contributed by atoms with Gasteiger partial charge in [-0.15, -0.1) is 0 Å². The summed E-state index contributed by atoms with van der Waals surface area (Å²) < 4.78 is 11.6. The fourth-order valence-electron chi connectivity index (χ4n) is 2.45. The highest BCUT2D eigenvalue weighted by atomic mass is 79.9. The van der Waals surface area contributed by atoms with Crippen molar-refractivity contribution < 1.29 is 13.6 Å². The molecule has 0 saturated heterocycles. The van der Waals surface area contributed by atoms with Crippen LogP contribution in [-0.4, -0.2) is 5.78 Å². The molecule has 2 aromatic carbocycles. The molecule has 0 bridgehead atoms. The first kappa shape index (κ1) is 12.4. The molecule has 0 radical (unpaired) electrons. The minimum absolute atomic E-state index is 0.145. The number of ketones is 1. The highest BCUT2D eigenvalue weighted by Crippen LogP contribution is 2.30. The lowest BCUT2D eigenvalue weighted by molar-refractivity contribution is 0.101. The number of carbonyl (C=O) groups excluding carboxylic acids is 1. The lowest BCUT2D eigenvalue weighted by Gasteiger charge is -1.98. The van der Waals surface area contributed by atoms with E-state index in [1.807, 2.05) is 36.4 Å². The van der Waals surface area contributed by atoms with Crippen molar-refractivity contribution in [2.24, 2.45) is 0 Å². The van der Waals surface area contributed by atoms with E-state index in [0.717, 1.165) is 21.9 Å². The minimum atomic E-state index is -0.145. The van der Waals surface area contributed by atoms with Gasteiger partial charge in [-0.05, 0) is 52.3 Å². The fraction of sp³-hybridized carbons (Fsp3) is 0. The van der Waals surface area contributed by atoms with E-state index in [9.17, 15) is 4.79 Å². The summed E-state index contributed by atoms with van der Waals surface area (Å²) in [7, 11) is 0. The zero-order valence-corrected chi connectivity index (χ0v) is 12.4. The number of fused-ring (bicyclic) bond motifs is 3. The van der Waals surface area contributed by atoms with E-state index >= 15 is 0 Å². The number of rotatable bonds is 2. The van der Waals surface area contributed by atoms with Crippen LogP contribution in [0.4, 0.5) is 0 Å². The van der Waals surface area contributed by atoms with Crippen molar-refractivity contribution in [3.05, 3.63) is 70.6 Å². The molecule has 3 nitrogen and oxygen atoms in total. The number of carbonyl (C=O) groups is 1. The smallest absolute Gasteiger partial charge is 0.228 e. The minimum Gasteiger partial charge on any atom is -0.456 e. The van der Waals surface area contributed by atoms with Crippen LogP contribution in [0.5, 0.6) is 0 Å². The third-order valence-corrected chi connectivity index (χ3v) is 3.86. The number of benzene rings is 2. The molecule has 0 aliphatic heterocycles. The van der Waals surface area contributed by atoms with Crippen molar-refractivity contribution in [3.8, 4) is 0 Å². The van der Waals surface area contributed by atoms with Gasteiger partial charge in [0.05, 0.1) is 0 Å². The first-order valence-electron chi connectivity index (χ1n) is 6.44. The van der Waals surface area contributed by atoms with E-state index in [4.69, 9.17) is 8.83 Å². The van der Waals surface area contributed by atoms with Crippen LogP contribution in [0.2, 0.25) is 0 Å². The molecule has 0 fully saturated rings. The lowest BCUT2D eigenvalue weighted by Crippen LogP contribution is -1.98. The molecule has 0 N–H and O–H groups in total. The molecule has 4 rings (SSSR count). The second-order valence-corrected chi connectivity index (χ2v) is 5.52. The van der Waals surface area contributed by atoms with E-state index in [0.29, 0.717) is 16.0 Å². The van der Waals surface area contributed by atoms with Crippen LogP contribution in [0.25, 0.3) is 21.9 Å². The molecule has 0 aliphatic carbocycles. The highest BCUT2D eigenvalue weighted by Gasteiger charge is 2.15. The number of halogens is 1. The van der Waals surface area contributed by atoms with E-state index < -0.39 is 0 Å². The van der Waals surface area contributed by atoms with E-state index in [1.54, 1.807) is 18.2 Å². The van der Waals surface area contributed by atoms with Crippen LogP contribution >= 0.6 is 15.9 Å². The van der Waals surface area contributed by atoms with Crippen LogP contribution < -0.4 is 0 Å². The molecule has 102 valence electrons. The second-order valence-electron chi connectivity index (χ2n) is 4.74. The quantitative estimate of drug-likeness (QED) is 0.472. The first-order chi connectivity index (χ1) is 10.2. The van der Waals surface area contributed by atoms with Gasteiger partial charge in [0.15, 0.2) is 10.4 Å².